The Hall–Kier alpha value is 0.660. The van der Waals surface area contributed by atoms with E-state index in [4.69, 9.17) is 9.79 Å². The van der Waals surface area contributed by atoms with Gasteiger partial charge >= 0.3 is 8.60 Å². The lowest BCUT2D eigenvalue weighted by atomic mass is 10.4. The van der Waals surface area contributed by atoms with Crippen LogP contribution >= 0.6 is 20.6 Å². The van der Waals surface area contributed by atoms with E-state index in [-0.39, 0.29) is 0 Å². The van der Waals surface area contributed by atoms with Crippen LogP contribution in [-0.4, -0.2) is 15.5 Å². The Balaban J connectivity index is 2.75. The second-order valence-corrected chi connectivity index (χ2v) is 3.25. The molecule has 3 nitrogen and oxygen atoms in total. The Morgan fingerprint density at radius 2 is 2.22 bits per heavy atom. The van der Waals surface area contributed by atoms with E-state index < -0.39 is 8.60 Å². The van der Waals surface area contributed by atoms with Gasteiger partial charge < -0.3 is 9.79 Å². The molecule has 0 saturated carbocycles. The van der Waals surface area contributed by atoms with Crippen molar-refractivity contribution in [1.29, 1.82) is 0 Å². The molecule has 0 rings (SSSR count). The second kappa shape index (κ2) is 6.78. The van der Waals surface area contributed by atoms with Crippen molar-refractivity contribution in [1.82, 2.24) is 0 Å². The summed E-state index contributed by atoms with van der Waals surface area (Å²) in [5.74, 6) is 0.830. The molecule has 0 atom stereocenters. The quantitative estimate of drug-likeness (QED) is 0.374. The molecule has 0 aliphatic carbocycles. The van der Waals surface area contributed by atoms with E-state index in [9.17, 15) is 0 Å². The fourth-order valence-electron chi connectivity index (χ4n) is 0.288. The van der Waals surface area contributed by atoms with Gasteiger partial charge in [0.1, 0.15) is 0 Å². The lowest BCUT2D eigenvalue weighted by Gasteiger charge is -1.99. The number of rotatable bonds is 5. The minimum Gasteiger partial charge on any atom is -0.328 e. The molecule has 5 heteroatoms. The standard InChI is InChI=1S/C4H11O3PS/c1-2-3-4-9-7-8(5)6/h5-6H,2-4H2,1H3. The van der Waals surface area contributed by atoms with Gasteiger partial charge in [-0.15, -0.1) is 0 Å². The molecule has 0 heterocycles. The molecule has 0 amide bonds. The molecule has 9 heavy (non-hydrogen) atoms. The first kappa shape index (κ1) is 9.66. The Bertz CT molecular complexity index is 61.8. The van der Waals surface area contributed by atoms with Crippen LogP contribution in [0.15, 0.2) is 0 Å². The Kier molecular flexibility index (Phi) is 7.27. The van der Waals surface area contributed by atoms with Crippen molar-refractivity contribution in [3.05, 3.63) is 0 Å². The van der Waals surface area contributed by atoms with Crippen LogP contribution < -0.4 is 0 Å². The largest absolute Gasteiger partial charge is 0.339 e. The van der Waals surface area contributed by atoms with Crippen LogP contribution in [0.4, 0.5) is 0 Å². The van der Waals surface area contributed by atoms with E-state index in [1.807, 2.05) is 0 Å². The lowest BCUT2D eigenvalue weighted by Crippen LogP contribution is -1.77. The second-order valence-electron chi connectivity index (χ2n) is 1.50. The minimum absolute atomic E-state index is 0.830. The maximum Gasteiger partial charge on any atom is 0.339 e. The summed E-state index contributed by atoms with van der Waals surface area (Å²) in [6.07, 6.45) is 2.15. The van der Waals surface area contributed by atoms with Crippen LogP contribution in [-0.2, 0) is 3.97 Å². The zero-order valence-corrected chi connectivity index (χ0v) is 6.99. The summed E-state index contributed by atoms with van der Waals surface area (Å²) in [5, 5.41) is 0. The van der Waals surface area contributed by atoms with Crippen LogP contribution in [0.3, 0.4) is 0 Å². The van der Waals surface area contributed by atoms with E-state index in [2.05, 4.69) is 10.9 Å². The van der Waals surface area contributed by atoms with Gasteiger partial charge in [-0.1, -0.05) is 13.3 Å². The molecule has 0 bridgehead atoms. The van der Waals surface area contributed by atoms with Crippen molar-refractivity contribution >= 4 is 20.6 Å². The molecule has 0 aromatic heterocycles. The molecule has 0 aliphatic heterocycles. The molecule has 0 spiro atoms. The lowest BCUT2D eigenvalue weighted by molar-refractivity contribution is 0.397. The smallest absolute Gasteiger partial charge is 0.328 e. The highest BCUT2D eigenvalue weighted by Crippen LogP contribution is 2.31. The molecule has 0 unspecified atom stereocenters. The van der Waals surface area contributed by atoms with Crippen molar-refractivity contribution in [3.8, 4) is 0 Å². The topological polar surface area (TPSA) is 49.7 Å². The SMILES string of the molecule is CCCCSOP(O)O. The molecule has 0 aliphatic rings. The van der Waals surface area contributed by atoms with E-state index in [0.29, 0.717) is 0 Å². The molecular formula is C4H11O3PS. The van der Waals surface area contributed by atoms with Crippen LogP contribution in [0, 0.1) is 0 Å². The van der Waals surface area contributed by atoms with Gasteiger partial charge in [0.25, 0.3) is 0 Å². The van der Waals surface area contributed by atoms with Crippen LogP contribution in [0.25, 0.3) is 0 Å². The van der Waals surface area contributed by atoms with Gasteiger partial charge in [0, 0.05) is 17.8 Å². The molecule has 0 aromatic rings. The van der Waals surface area contributed by atoms with Crippen molar-refractivity contribution in [2.45, 2.75) is 19.8 Å². The summed E-state index contributed by atoms with van der Waals surface area (Å²) in [5.41, 5.74) is 0. The zero-order chi connectivity index (χ0) is 7.11. The third kappa shape index (κ3) is 8.66. The van der Waals surface area contributed by atoms with Crippen molar-refractivity contribution in [2.24, 2.45) is 0 Å². The third-order valence-corrected chi connectivity index (χ3v) is 2.11. The first-order valence-corrected chi connectivity index (χ1v) is 4.82. The number of hydrogen-bond acceptors (Lipinski definition) is 4. The molecule has 2 N–H and O–H groups in total. The zero-order valence-electron chi connectivity index (χ0n) is 5.28. The van der Waals surface area contributed by atoms with Gasteiger partial charge in [-0.2, -0.15) is 0 Å². The summed E-state index contributed by atoms with van der Waals surface area (Å²) in [7, 11) is -2.15. The first-order valence-electron chi connectivity index (χ1n) is 2.75. The summed E-state index contributed by atoms with van der Waals surface area (Å²) >= 11 is 1.11. The predicted molar refractivity (Wildman–Crippen MR) is 39.8 cm³/mol. The molecule has 0 aromatic carbocycles. The number of hydrogen-bond donors (Lipinski definition) is 2. The minimum atomic E-state index is -2.15. The van der Waals surface area contributed by atoms with Crippen LogP contribution in [0.2, 0.25) is 0 Å². The first-order chi connectivity index (χ1) is 4.27. The monoisotopic (exact) mass is 170 g/mol. The van der Waals surface area contributed by atoms with Crippen molar-refractivity contribution in [3.63, 3.8) is 0 Å². The number of unbranched alkanes of at least 4 members (excludes halogenated alkanes) is 1. The van der Waals surface area contributed by atoms with Gasteiger partial charge in [-0.05, 0) is 6.42 Å². The fraction of sp³-hybridized carbons (Fsp3) is 1.00. The van der Waals surface area contributed by atoms with Gasteiger partial charge in [-0.25, -0.2) is 3.97 Å². The average Bonchev–Trinajstić information content (AvgIpc) is 1.80. The molecule has 56 valence electrons. The summed E-state index contributed by atoms with van der Waals surface area (Å²) in [4.78, 5) is 16.5. The highest BCUT2D eigenvalue weighted by molar-refractivity contribution is 7.97. The van der Waals surface area contributed by atoms with Gasteiger partial charge in [-0.3, -0.25) is 0 Å². The highest BCUT2D eigenvalue weighted by atomic mass is 32.2. The maximum absolute atomic E-state index is 8.23. The predicted octanol–water partition coefficient (Wildman–Crippen LogP) is 1.66. The van der Waals surface area contributed by atoms with Crippen LogP contribution in [0.5, 0.6) is 0 Å². The molecule has 0 saturated heterocycles. The Labute approximate surface area is 60.6 Å². The Morgan fingerprint density at radius 1 is 1.56 bits per heavy atom. The molecule has 0 radical (unpaired) electrons. The summed E-state index contributed by atoms with van der Waals surface area (Å²) in [6, 6.07) is 0. The van der Waals surface area contributed by atoms with Crippen molar-refractivity contribution < 1.29 is 13.8 Å². The summed E-state index contributed by atoms with van der Waals surface area (Å²) in [6.45, 7) is 2.07. The van der Waals surface area contributed by atoms with E-state index in [1.165, 1.54) is 0 Å². The Morgan fingerprint density at radius 3 is 2.67 bits per heavy atom. The summed E-state index contributed by atoms with van der Waals surface area (Å²) < 4.78 is 4.44. The maximum atomic E-state index is 8.23. The van der Waals surface area contributed by atoms with Gasteiger partial charge in [0.05, 0.1) is 0 Å². The van der Waals surface area contributed by atoms with E-state index in [1.54, 1.807) is 0 Å². The van der Waals surface area contributed by atoms with E-state index in [0.717, 1.165) is 30.6 Å². The van der Waals surface area contributed by atoms with Gasteiger partial charge in [0.2, 0.25) is 0 Å². The molecular weight excluding hydrogens is 159 g/mol. The van der Waals surface area contributed by atoms with Crippen molar-refractivity contribution in [2.75, 3.05) is 5.75 Å². The normalized spacial score (nSPS) is 10.7. The van der Waals surface area contributed by atoms with Gasteiger partial charge in [0.15, 0.2) is 0 Å². The third-order valence-electron chi connectivity index (χ3n) is 0.701. The highest BCUT2D eigenvalue weighted by Gasteiger charge is 1.97. The fourth-order valence-corrected chi connectivity index (χ4v) is 1.37. The average molecular weight is 170 g/mol. The van der Waals surface area contributed by atoms with E-state index >= 15 is 0 Å². The molecule has 0 fully saturated rings. The van der Waals surface area contributed by atoms with Crippen LogP contribution in [0.1, 0.15) is 19.8 Å².